The van der Waals surface area contributed by atoms with E-state index in [4.69, 9.17) is 18.5 Å². The number of phosphoric acid groups is 1. The van der Waals surface area contributed by atoms with Gasteiger partial charge in [0.15, 0.2) is 6.10 Å². The van der Waals surface area contributed by atoms with E-state index < -0.39 is 26.5 Å². The molecule has 0 aliphatic heterocycles. The molecule has 0 spiro atoms. The number of hydrogen-bond acceptors (Lipinski definition) is 7. The molecule has 1 N–H and O–H groups in total. The number of hydrogen-bond donors (Lipinski definition) is 1. The van der Waals surface area contributed by atoms with Crippen molar-refractivity contribution in [3.63, 3.8) is 0 Å². The van der Waals surface area contributed by atoms with Gasteiger partial charge in [-0.2, -0.15) is 0 Å². The highest BCUT2D eigenvalue weighted by Crippen LogP contribution is 2.43. The third kappa shape index (κ3) is 40.3. The lowest BCUT2D eigenvalue weighted by molar-refractivity contribution is -0.161. The Bertz CT molecular complexity index is 879. The smallest absolute Gasteiger partial charge is 0.462 e. The molecule has 8 nitrogen and oxygen atoms in total. The summed E-state index contributed by atoms with van der Waals surface area (Å²) in [5, 5.41) is 0. The van der Waals surface area contributed by atoms with E-state index in [0.29, 0.717) is 12.8 Å². The lowest BCUT2D eigenvalue weighted by atomic mass is 10.0. The van der Waals surface area contributed by atoms with Crippen molar-refractivity contribution in [1.82, 2.24) is 0 Å². The van der Waals surface area contributed by atoms with Gasteiger partial charge in [-0.05, 0) is 39.0 Å². The first-order valence-electron chi connectivity index (χ1n) is 22.5. The van der Waals surface area contributed by atoms with Gasteiger partial charge in [-0.3, -0.25) is 18.6 Å². The number of carbonyl (C=O) groups is 2. The van der Waals surface area contributed by atoms with Crippen LogP contribution in [0, 0.1) is 0 Å². The summed E-state index contributed by atoms with van der Waals surface area (Å²) in [7, 11) is -4.27. The minimum atomic E-state index is -4.27. The third-order valence-corrected chi connectivity index (χ3v) is 10.9. The number of unbranched alkanes of at least 4 members (excludes halogenated alkanes) is 28. The molecule has 0 aromatic carbocycles. The van der Waals surface area contributed by atoms with Gasteiger partial charge in [0.05, 0.1) is 13.2 Å². The van der Waals surface area contributed by atoms with Gasteiger partial charge in [-0.25, -0.2) is 4.57 Å². The maximum Gasteiger partial charge on any atom is 0.472 e. The van der Waals surface area contributed by atoms with E-state index >= 15 is 0 Å². The van der Waals surface area contributed by atoms with Gasteiger partial charge >= 0.3 is 19.8 Å². The number of carbonyl (C=O) groups excluding carboxylic acids is 2. The van der Waals surface area contributed by atoms with Crippen molar-refractivity contribution in [2.24, 2.45) is 0 Å². The molecule has 0 aliphatic rings. The molecule has 0 heterocycles. The number of phosphoric ester groups is 1. The minimum absolute atomic E-state index is 0.00188. The van der Waals surface area contributed by atoms with Crippen LogP contribution in [0.4, 0.5) is 0 Å². The van der Waals surface area contributed by atoms with Crippen molar-refractivity contribution < 1.29 is 37.6 Å². The molecule has 2 atom stereocenters. The van der Waals surface area contributed by atoms with Crippen molar-refractivity contribution >= 4 is 19.8 Å². The van der Waals surface area contributed by atoms with Crippen molar-refractivity contribution in [3.8, 4) is 0 Å². The second kappa shape index (κ2) is 40.5. The Morgan fingerprint density at radius 2 is 0.868 bits per heavy atom. The van der Waals surface area contributed by atoms with Crippen LogP contribution in [0.3, 0.4) is 0 Å². The Kier molecular flexibility index (Phi) is 39.5. The predicted molar refractivity (Wildman–Crippen MR) is 221 cm³/mol. The number of ether oxygens (including phenoxy) is 2. The fourth-order valence-electron chi connectivity index (χ4n) is 6.49. The largest absolute Gasteiger partial charge is 0.472 e. The molecule has 0 aromatic rings. The topological polar surface area (TPSA) is 108 Å². The van der Waals surface area contributed by atoms with E-state index in [1.807, 2.05) is 0 Å². The summed E-state index contributed by atoms with van der Waals surface area (Å²) in [6.45, 7) is 5.46. The third-order valence-electron chi connectivity index (χ3n) is 9.82. The summed E-state index contributed by atoms with van der Waals surface area (Å²) in [6, 6.07) is 0. The second-order valence-corrected chi connectivity index (χ2v) is 16.5. The maximum atomic E-state index is 12.5. The second-order valence-electron chi connectivity index (χ2n) is 15.1. The molecule has 2 unspecified atom stereocenters. The van der Waals surface area contributed by atoms with Crippen LogP contribution in [-0.4, -0.2) is 42.8 Å². The molecule has 0 amide bonds. The molecule has 53 heavy (non-hydrogen) atoms. The molecule has 0 aromatic heterocycles. The molecule has 9 heteroatoms. The van der Waals surface area contributed by atoms with Crippen LogP contribution in [0.2, 0.25) is 0 Å². The van der Waals surface area contributed by atoms with Crippen LogP contribution in [0.5, 0.6) is 0 Å². The molecular formula is C44H85O8P. The average Bonchev–Trinajstić information content (AvgIpc) is 3.13. The average molecular weight is 773 g/mol. The van der Waals surface area contributed by atoms with Gasteiger partial charge in [-0.1, -0.05) is 193 Å². The van der Waals surface area contributed by atoms with Gasteiger partial charge < -0.3 is 14.4 Å². The quantitative estimate of drug-likeness (QED) is 0.0283. The monoisotopic (exact) mass is 773 g/mol. The van der Waals surface area contributed by atoms with Crippen molar-refractivity contribution in [2.45, 2.75) is 239 Å². The molecule has 0 fully saturated rings. The van der Waals surface area contributed by atoms with Crippen molar-refractivity contribution in [2.75, 3.05) is 19.8 Å². The summed E-state index contributed by atoms with van der Waals surface area (Å²) >= 11 is 0. The summed E-state index contributed by atoms with van der Waals surface area (Å²) < 4.78 is 32.6. The lowest BCUT2D eigenvalue weighted by Crippen LogP contribution is -2.29. The summed E-state index contributed by atoms with van der Waals surface area (Å²) in [5.41, 5.74) is 0. The first kappa shape index (κ1) is 51.8. The van der Waals surface area contributed by atoms with E-state index in [-0.39, 0.29) is 25.6 Å². The predicted octanol–water partition coefficient (Wildman–Crippen LogP) is 14.1. The van der Waals surface area contributed by atoms with Crippen LogP contribution >= 0.6 is 7.82 Å². The van der Waals surface area contributed by atoms with Crippen LogP contribution in [-0.2, 0) is 32.7 Å². The molecule has 314 valence electrons. The molecule has 0 bridgehead atoms. The maximum absolute atomic E-state index is 12.5. The zero-order valence-electron chi connectivity index (χ0n) is 34.9. The first-order chi connectivity index (χ1) is 25.8. The van der Waals surface area contributed by atoms with E-state index in [0.717, 1.165) is 57.8 Å². The fourth-order valence-corrected chi connectivity index (χ4v) is 7.25. The minimum Gasteiger partial charge on any atom is -0.462 e. The van der Waals surface area contributed by atoms with Crippen LogP contribution in [0.25, 0.3) is 0 Å². The number of rotatable bonds is 42. The molecule has 0 rings (SSSR count). The van der Waals surface area contributed by atoms with Crippen LogP contribution < -0.4 is 0 Å². The van der Waals surface area contributed by atoms with Crippen LogP contribution in [0.1, 0.15) is 233 Å². The Hall–Kier alpha value is -1.21. The van der Waals surface area contributed by atoms with Gasteiger partial charge in [0, 0.05) is 12.8 Å². The Morgan fingerprint density at radius 3 is 1.30 bits per heavy atom. The van der Waals surface area contributed by atoms with Gasteiger partial charge in [0.2, 0.25) is 0 Å². The Morgan fingerprint density at radius 1 is 0.491 bits per heavy atom. The highest BCUT2D eigenvalue weighted by atomic mass is 31.2. The SMILES string of the molecule is CCCC/C=C\CCCCCCCC(=O)OC(COC(=O)CCCCCCCCCCCCCCCCCCCCCCCC)COP(=O)(O)OCC. The molecule has 0 radical (unpaired) electrons. The van der Waals surface area contributed by atoms with Crippen molar-refractivity contribution in [1.29, 1.82) is 0 Å². The molecular weight excluding hydrogens is 687 g/mol. The van der Waals surface area contributed by atoms with Crippen molar-refractivity contribution in [3.05, 3.63) is 12.2 Å². The summed E-state index contributed by atoms with van der Waals surface area (Å²) in [5.74, 6) is -0.798. The lowest BCUT2D eigenvalue weighted by Gasteiger charge is -2.19. The summed E-state index contributed by atoms with van der Waals surface area (Å²) in [6.07, 6.45) is 42.8. The van der Waals surface area contributed by atoms with Gasteiger partial charge in [0.1, 0.15) is 6.61 Å². The highest BCUT2D eigenvalue weighted by molar-refractivity contribution is 7.47. The normalized spacial score (nSPS) is 13.4. The van der Waals surface area contributed by atoms with Gasteiger partial charge in [-0.15, -0.1) is 0 Å². The molecule has 0 saturated heterocycles. The summed E-state index contributed by atoms with van der Waals surface area (Å²) in [4.78, 5) is 34.7. The molecule has 0 saturated carbocycles. The highest BCUT2D eigenvalue weighted by Gasteiger charge is 2.25. The van der Waals surface area contributed by atoms with Gasteiger partial charge in [0.25, 0.3) is 0 Å². The zero-order chi connectivity index (χ0) is 38.9. The molecule has 0 aliphatic carbocycles. The first-order valence-corrected chi connectivity index (χ1v) is 24.0. The standard InChI is InChI=1S/C44H85O8P/c1-4-7-9-11-13-15-17-18-19-20-21-22-23-24-25-26-27-29-30-32-34-36-38-43(45)49-40-42(41-51-53(47,48)50-6-3)52-44(46)39-37-35-33-31-28-16-14-12-10-8-5-2/h12,14,42H,4-11,13,15-41H2,1-3H3,(H,47,48)/b14-12-. The fraction of sp³-hybridized carbons (Fsp3) is 0.909. The van der Waals surface area contributed by atoms with Crippen LogP contribution in [0.15, 0.2) is 12.2 Å². The van der Waals surface area contributed by atoms with E-state index in [2.05, 4.69) is 26.0 Å². The van der Waals surface area contributed by atoms with E-state index in [9.17, 15) is 19.0 Å². The Labute approximate surface area is 327 Å². The van der Waals surface area contributed by atoms with E-state index in [1.165, 1.54) is 135 Å². The number of esters is 2. The number of allylic oxidation sites excluding steroid dienone is 2. The van der Waals surface area contributed by atoms with E-state index in [1.54, 1.807) is 6.92 Å². The Balaban J connectivity index is 3.92. The zero-order valence-corrected chi connectivity index (χ0v) is 35.8.